The number of amides is 1. The Bertz CT molecular complexity index is 295. The Morgan fingerprint density at radius 1 is 1.46 bits per heavy atom. The van der Waals surface area contributed by atoms with Gasteiger partial charge in [-0.05, 0) is 24.7 Å². The minimum atomic E-state index is -0.572. The molecule has 1 spiro atoms. The fourth-order valence-corrected chi connectivity index (χ4v) is 2.46. The lowest BCUT2D eigenvalue weighted by atomic mass is 9.75. The minimum absolute atomic E-state index is 0.0208. The van der Waals surface area contributed by atoms with Crippen LogP contribution >= 0.6 is 0 Å². The van der Waals surface area contributed by atoms with E-state index in [1.807, 2.05) is 0 Å². The van der Waals surface area contributed by atoms with Crippen molar-refractivity contribution >= 4 is 11.9 Å². The average molecular weight is 181 g/mol. The van der Waals surface area contributed by atoms with Gasteiger partial charge in [-0.1, -0.05) is 13.8 Å². The normalized spacial score (nSPS) is 36.5. The van der Waals surface area contributed by atoms with E-state index in [4.69, 9.17) is 5.73 Å². The van der Waals surface area contributed by atoms with Crippen molar-refractivity contribution in [2.75, 3.05) is 0 Å². The predicted molar refractivity (Wildman–Crippen MR) is 50.1 cm³/mol. The molecule has 1 atom stereocenters. The first-order valence-electron chi connectivity index (χ1n) is 4.65. The van der Waals surface area contributed by atoms with Crippen LogP contribution in [0.2, 0.25) is 0 Å². The SMILES string of the molecule is CC1(C)CCCC12N=C(N)NC2=O. The van der Waals surface area contributed by atoms with Crippen LogP contribution in [0.5, 0.6) is 0 Å². The number of hydrogen-bond donors (Lipinski definition) is 2. The van der Waals surface area contributed by atoms with Crippen LogP contribution in [-0.2, 0) is 4.79 Å². The molecule has 0 aromatic heterocycles. The molecule has 13 heavy (non-hydrogen) atoms. The molecule has 1 amide bonds. The molecule has 72 valence electrons. The molecule has 3 N–H and O–H groups in total. The number of carbonyl (C=O) groups is 1. The number of hydrogen-bond acceptors (Lipinski definition) is 3. The van der Waals surface area contributed by atoms with E-state index in [1.54, 1.807) is 0 Å². The third-order valence-corrected chi connectivity index (χ3v) is 3.39. The summed E-state index contributed by atoms with van der Waals surface area (Å²) in [6.45, 7) is 4.17. The molecule has 0 aromatic carbocycles. The lowest BCUT2D eigenvalue weighted by Crippen LogP contribution is -2.47. The van der Waals surface area contributed by atoms with Gasteiger partial charge in [0.05, 0.1) is 0 Å². The largest absolute Gasteiger partial charge is 0.370 e. The van der Waals surface area contributed by atoms with Crippen molar-refractivity contribution in [3.05, 3.63) is 0 Å². The van der Waals surface area contributed by atoms with E-state index < -0.39 is 5.54 Å². The molecule has 2 aliphatic rings. The van der Waals surface area contributed by atoms with Gasteiger partial charge in [-0.2, -0.15) is 0 Å². The number of aliphatic imine (C=N–C) groups is 1. The van der Waals surface area contributed by atoms with Gasteiger partial charge in [0.1, 0.15) is 5.54 Å². The molecule has 0 aromatic rings. The highest BCUT2D eigenvalue weighted by Gasteiger charge is 2.57. The number of rotatable bonds is 0. The maximum atomic E-state index is 11.7. The Morgan fingerprint density at radius 2 is 2.15 bits per heavy atom. The maximum absolute atomic E-state index is 11.7. The quantitative estimate of drug-likeness (QED) is 0.567. The van der Waals surface area contributed by atoms with Gasteiger partial charge < -0.3 is 5.73 Å². The molecule has 0 bridgehead atoms. The summed E-state index contributed by atoms with van der Waals surface area (Å²) >= 11 is 0. The molecule has 0 saturated heterocycles. The van der Waals surface area contributed by atoms with Crippen molar-refractivity contribution in [3.63, 3.8) is 0 Å². The second kappa shape index (κ2) is 2.25. The lowest BCUT2D eigenvalue weighted by Gasteiger charge is -2.32. The zero-order valence-corrected chi connectivity index (χ0v) is 8.05. The summed E-state index contributed by atoms with van der Waals surface area (Å²) in [4.78, 5) is 16.0. The van der Waals surface area contributed by atoms with Gasteiger partial charge in [0.2, 0.25) is 0 Å². The van der Waals surface area contributed by atoms with Crippen molar-refractivity contribution < 1.29 is 4.79 Å². The van der Waals surface area contributed by atoms with Gasteiger partial charge in [0.25, 0.3) is 5.91 Å². The Labute approximate surface area is 77.6 Å². The maximum Gasteiger partial charge on any atom is 0.255 e. The first-order chi connectivity index (χ1) is 5.98. The molecule has 1 aliphatic carbocycles. The summed E-state index contributed by atoms with van der Waals surface area (Å²) in [6, 6.07) is 0. The predicted octanol–water partition coefficient (Wildman–Crippen LogP) is 0.380. The zero-order chi connectivity index (χ0) is 9.69. The van der Waals surface area contributed by atoms with Gasteiger partial charge in [-0.25, -0.2) is 4.99 Å². The summed E-state index contributed by atoms with van der Waals surface area (Å²) < 4.78 is 0. The minimum Gasteiger partial charge on any atom is -0.370 e. The van der Waals surface area contributed by atoms with E-state index in [0.29, 0.717) is 0 Å². The van der Waals surface area contributed by atoms with Crippen LogP contribution in [0.1, 0.15) is 33.1 Å². The Balaban J connectivity index is 2.45. The number of nitrogens with two attached hydrogens (primary N) is 1. The summed E-state index contributed by atoms with van der Waals surface area (Å²) in [5.41, 5.74) is 4.89. The summed E-state index contributed by atoms with van der Waals surface area (Å²) in [7, 11) is 0. The number of nitrogens with zero attached hydrogens (tertiary/aromatic N) is 1. The van der Waals surface area contributed by atoms with Crippen LogP contribution in [0.3, 0.4) is 0 Å². The number of guanidine groups is 1. The van der Waals surface area contributed by atoms with E-state index in [9.17, 15) is 4.79 Å². The van der Waals surface area contributed by atoms with Crippen molar-refractivity contribution in [3.8, 4) is 0 Å². The van der Waals surface area contributed by atoms with Gasteiger partial charge in [0.15, 0.2) is 5.96 Å². The van der Waals surface area contributed by atoms with E-state index in [0.717, 1.165) is 19.3 Å². The standard InChI is InChI=1S/C9H15N3O/c1-8(2)4-3-5-9(8)6(13)11-7(10)12-9/h3-5H2,1-2H3,(H3,10,11,12,13). The molecule has 4 heteroatoms. The first-order valence-corrected chi connectivity index (χ1v) is 4.65. The molecule has 1 aliphatic heterocycles. The van der Waals surface area contributed by atoms with Crippen LogP contribution in [0, 0.1) is 5.41 Å². The van der Waals surface area contributed by atoms with Crippen molar-refractivity contribution in [2.45, 2.75) is 38.6 Å². The van der Waals surface area contributed by atoms with Crippen LogP contribution in [0.15, 0.2) is 4.99 Å². The van der Waals surface area contributed by atoms with Crippen LogP contribution in [0.25, 0.3) is 0 Å². The van der Waals surface area contributed by atoms with Gasteiger partial charge in [-0.3, -0.25) is 10.1 Å². The van der Waals surface area contributed by atoms with E-state index in [2.05, 4.69) is 24.2 Å². The smallest absolute Gasteiger partial charge is 0.255 e. The summed E-state index contributed by atoms with van der Waals surface area (Å²) in [5.74, 6) is 0.257. The topological polar surface area (TPSA) is 67.5 Å². The summed E-state index contributed by atoms with van der Waals surface area (Å²) in [5, 5.41) is 2.59. The van der Waals surface area contributed by atoms with Crippen molar-refractivity contribution in [1.82, 2.24) is 5.32 Å². The van der Waals surface area contributed by atoms with E-state index in [-0.39, 0.29) is 17.3 Å². The van der Waals surface area contributed by atoms with Crippen LogP contribution in [0.4, 0.5) is 0 Å². The fourth-order valence-electron chi connectivity index (χ4n) is 2.46. The molecular weight excluding hydrogens is 166 g/mol. The first kappa shape index (κ1) is 8.53. The molecule has 1 fully saturated rings. The van der Waals surface area contributed by atoms with E-state index >= 15 is 0 Å². The highest BCUT2D eigenvalue weighted by atomic mass is 16.2. The second-order valence-electron chi connectivity index (χ2n) is 4.55. The van der Waals surface area contributed by atoms with E-state index in [1.165, 1.54) is 0 Å². The van der Waals surface area contributed by atoms with Crippen LogP contribution in [-0.4, -0.2) is 17.4 Å². The zero-order valence-electron chi connectivity index (χ0n) is 8.05. The molecule has 4 nitrogen and oxygen atoms in total. The number of nitrogens with one attached hydrogen (secondary N) is 1. The second-order valence-corrected chi connectivity index (χ2v) is 4.55. The number of carbonyl (C=O) groups excluding carboxylic acids is 1. The van der Waals surface area contributed by atoms with Crippen LogP contribution < -0.4 is 11.1 Å². The third kappa shape index (κ3) is 0.913. The van der Waals surface area contributed by atoms with Gasteiger partial charge >= 0.3 is 0 Å². The Hall–Kier alpha value is -1.06. The molecule has 1 heterocycles. The Kier molecular flexibility index (Phi) is 1.47. The van der Waals surface area contributed by atoms with Crippen molar-refractivity contribution in [1.29, 1.82) is 0 Å². The molecule has 0 radical (unpaired) electrons. The van der Waals surface area contributed by atoms with Gasteiger partial charge in [-0.15, -0.1) is 0 Å². The molecule has 1 saturated carbocycles. The lowest BCUT2D eigenvalue weighted by molar-refractivity contribution is -0.126. The fraction of sp³-hybridized carbons (Fsp3) is 0.778. The molecular formula is C9H15N3O. The van der Waals surface area contributed by atoms with Crippen molar-refractivity contribution in [2.24, 2.45) is 16.1 Å². The highest BCUT2D eigenvalue weighted by molar-refractivity contribution is 6.07. The average Bonchev–Trinajstić information content (AvgIpc) is 2.40. The third-order valence-electron chi connectivity index (χ3n) is 3.39. The monoisotopic (exact) mass is 181 g/mol. The summed E-state index contributed by atoms with van der Waals surface area (Å²) in [6.07, 6.45) is 2.92. The highest BCUT2D eigenvalue weighted by Crippen LogP contribution is 2.49. The Morgan fingerprint density at radius 3 is 2.54 bits per heavy atom. The van der Waals surface area contributed by atoms with Gasteiger partial charge in [0, 0.05) is 0 Å². The molecule has 2 rings (SSSR count). The molecule has 1 unspecified atom stereocenters.